The highest BCUT2D eigenvalue weighted by Crippen LogP contribution is 2.27. The standard InChI is InChI=1S/C27H28F2N4O2/c28-27(29)35-25-8-4-1-5-22(25)9-10-26(34)31-23-6-2-3-7-24(23)33-19-17-32(18-20-33)16-13-21-11-14-30-15-12-21/h1-12,14-15,27H,13,16-20H2,(H,31,34)/b10-9+. The van der Waals surface area contributed by atoms with Crippen molar-refractivity contribution in [3.63, 3.8) is 0 Å². The van der Waals surface area contributed by atoms with Crippen LogP contribution in [-0.4, -0.2) is 55.1 Å². The number of amides is 1. The average Bonchev–Trinajstić information content (AvgIpc) is 2.88. The van der Waals surface area contributed by atoms with Gasteiger partial charge in [-0.25, -0.2) is 0 Å². The Labute approximate surface area is 203 Å². The molecule has 2 aromatic carbocycles. The number of ether oxygens (including phenoxy) is 1. The molecule has 182 valence electrons. The van der Waals surface area contributed by atoms with Crippen molar-refractivity contribution >= 4 is 23.4 Å². The fourth-order valence-electron chi connectivity index (χ4n) is 4.07. The molecule has 0 bridgehead atoms. The third-order valence-corrected chi connectivity index (χ3v) is 5.89. The van der Waals surface area contributed by atoms with Gasteiger partial charge in [-0.05, 0) is 48.4 Å². The number of benzene rings is 2. The molecule has 0 unspecified atom stereocenters. The van der Waals surface area contributed by atoms with Gasteiger partial charge in [0.1, 0.15) is 5.75 Å². The van der Waals surface area contributed by atoms with Gasteiger partial charge in [-0.1, -0.05) is 30.3 Å². The minimum atomic E-state index is -2.93. The number of carbonyl (C=O) groups is 1. The first-order valence-corrected chi connectivity index (χ1v) is 11.6. The number of nitrogens with zero attached hydrogens (tertiary/aromatic N) is 3. The van der Waals surface area contributed by atoms with Crippen LogP contribution in [0, 0.1) is 0 Å². The first-order chi connectivity index (χ1) is 17.1. The normalized spacial score (nSPS) is 14.4. The molecule has 1 N–H and O–H groups in total. The second kappa shape index (κ2) is 12.1. The van der Waals surface area contributed by atoms with E-state index in [-0.39, 0.29) is 11.7 Å². The molecule has 4 rings (SSSR count). The minimum absolute atomic E-state index is 0.0220. The van der Waals surface area contributed by atoms with Crippen molar-refractivity contribution in [2.24, 2.45) is 0 Å². The molecule has 1 amide bonds. The summed E-state index contributed by atoms with van der Waals surface area (Å²) < 4.78 is 29.8. The van der Waals surface area contributed by atoms with Crippen LogP contribution in [0.25, 0.3) is 6.08 Å². The van der Waals surface area contributed by atoms with Crippen molar-refractivity contribution in [2.75, 3.05) is 42.9 Å². The van der Waals surface area contributed by atoms with Crippen LogP contribution < -0.4 is 15.0 Å². The van der Waals surface area contributed by atoms with E-state index in [0.29, 0.717) is 11.3 Å². The lowest BCUT2D eigenvalue weighted by molar-refractivity contribution is -0.111. The number of piperazine rings is 1. The van der Waals surface area contributed by atoms with Crippen molar-refractivity contribution in [2.45, 2.75) is 13.0 Å². The smallest absolute Gasteiger partial charge is 0.387 e. The van der Waals surface area contributed by atoms with Crippen LogP contribution >= 0.6 is 0 Å². The summed E-state index contributed by atoms with van der Waals surface area (Å²) >= 11 is 0. The van der Waals surface area contributed by atoms with Crippen molar-refractivity contribution < 1.29 is 18.3 Å². The molecule has 0 saturated carbocycles. The van der Waals surface area contributed by atoms with E-state index < -0.39 is 6.61 Å². The van der Waals surface area contributed by atoms with Gasteiger partial charge in [0.25, 0.3) is 0 Å². The third-order valence-electron chi connectivity index (χ3n) is 5.89. The Bertz CT molecular complexity index is 1130. The number of aromatic nitrogens is 1. The highest BCUT2D eigenvalue weighted by atomic mass is 19.3. The summed E-state index contributed by atoms with van der Waals surface area (Å²) in [4.78, 5) is 21.4. The van der Waals surface area contributed by atoms with E-state index in [2.05, 4.69) is 24.8 Å². The summed E-state index contributed by atoms with van der Waals surface area (Å²) in [7, 11) is 0. The fraction of sp³-hybridized carbons (Fsp3) is 0.259. The lowest BCUT2D eigenvalue weighted by Crippen LogP contribution is -2.47. The van der Waals surface area contributed by atoms with Crippen LogP contribution in [0.2, 0.25) is 0 Å². The lowest BCUT2D eigenvalue weighted by atomic mass is 10.1. The summed E-state index contributed by atoms with van der Waals surface area (Å²) in [5, 5.41) is 2.92. The van der Waals surface area contributed by atoms with Crippen LogP contribution in [0.1, 0.15) is 11.1 Å². The topological polar surface area (TPSA) is 57.7 Å². The molecule has 1 saturated heterocycles. The fourth-order valence-corrected chi connectivity index (χ4v) is 4.07. The number of anilines is 2. The third kappa shape index (κ3) is 7.10. The average molecular weight is 479 g/mol. The predicted molar refractivity (Wildman–Crippen MR) is 134 cm³/mol. The molecule has 1 aliphatic heterocycles. The number of alkyl halides is 2. The zero-order chi connectivity index (χ0) is 24.5. The maximum atomic E-state index is 12.6. The zero-order valence-electron chi connectivity index (χ0n) is 19.3. The molecule has 1 aromatic heterocycles. The quantitative estimate of drug-likeness (QED) is 0.452. The second-order valence-corrected chi connectivity index (χ2v) is 8.19. The largest absolute Gasteiger partial charge is 0.434 e. The van der Waals surface area contributed by atoms with Gasteiger partial charge in [-0.3, -0.25) is 14.7 Å². The highest BCUT2D eigenvalue weighted by molar-refractivity contribution is 6.04. The number of carbonyl (C=O) groups excluding carboxylic acids is 1. The van der Waals surface area contributed by atoms with Crippen LogP contribution in [-0.2, 0) is 11.2 Å². The van der Waals surface area contributed by atoms with Gasteiger partial charge < -0.3 is 15.0 Å². The summed E-state index contributed by atoms with van der Waals surface area (Å²) in [6.45, 7) is 1.66. The monoisotopic (exact) mass is 478 g/mol. The number of halogens is 2. The van der Waals surface area contributed by atoms with Gasteiger partial charge in [-0.15, -0.1) is 0 Å². The van der Waals surface area contributed by atoms with Gasteiger partial charge in [0.05, 0.1) is 11.4 Å². The molecule has 0 aliphatic carbocycles. The van der Waals surface area contributed by atoms with Crippen LogP contribution in [0.15, 0.2) is 79.1 Å². The van der Waals surface area contributed by atoms with E-state index in [1.807, 2.05) is 48.8 Å². The van der Waals surface area contributed by atoms with Crippen molar-refractivity contribution in [1.29, 1.82) is 0 Å². The van der Waals surface area contributed by atoms with Crippen LogP contribution in [0.3, 0.4) is 0 Å². The van der Waals surface area contributed by atoms with E-state index in [1.54, 1.807) is 18.2 Å². The van der Waals surface area contributed by atoms with E-state index in [0.717, 1.165) is 44.8 Å². The van der Waals surface area contributed by atoms with Crippen LogP contribution in [0.4, 0.5) is 20.2 Å². The van der Waals surface area contributed by atoms with Gasteiger partial charge in [0, 0.05) is 56.8 Å². The first kappa shape index (κ1) is 24.3. The minimum Gasteiger partial charge on any atom is -0.434 e. The van der Waals surface area contributed by atoms with Gasteiger partial charge >= 0.3 is 6.61 Å². The van der Waals surface area contributed by atoms with Crippen molar-refractivity contribution in [1.82, 2.24) is 9.88 Å². The molecular weight excluding hydrogens is 450 g/mol. The molecular formula is C27H28F2N4O2. The second-order valence-electron chi connectivity index (χ2n) is 8.19. The van der Waals surface area contributed by atoms with Gasteiger partial charge in [0.2, 0.25) is 5.91 Å². The Morgan fingerprint density at radius 2 is 1.71 bits per heavy atom. The molecule has 3 aromatic rings. The van der Waals surface area contributed by atoms with Crippen molar-refractivity contribution in [3.8, 4) is 5.75 Å². The summed E-state index contributed by atoms with van der Waals surface area (Å²) in [6, 6.07) is 18.1. The number of para-hydroxylation sites is 3. The molecule has 8 heteroatoms. The van der Waals surface area contributed by atoms with Crippen LogP contribution in [0.5, 0.6) is 5.75 Å². The van der Waals surface area contributed by atoms with E-state index in [1.165, 1.54) is 23.8 Å². The highest BCUT2D eigenvalue weighted by Gasteiger charge is 2.19. The van der Waals surface area contributed by atoms with E-state index in [9.17, 15) is 13.6 Å². The molecule has 6 nitrogen and oxygen atoms in total. The molecule has 1 fully saturated rings. The Morgan fingerprint density at radius 3 is 2.49 bits per heavy atom. The first-order valence-electron chi connectivity index (χ1n) is 11.6. The molecule has 0 radical (unpaired) electrons. The van der Waals surface area contributed by atoms with Crippen molar-refractivity contribution in [3.05, 3.63) is 90.3 Å². The number of hydrogen-bond acceptors (Lipinski definition) is 5. The van der Waals surface area contributed by atoms with Gasteiger partial charge in [-0.2, -0.15) is 8.78 Å². The Hall–Kier alpha value is -3.78. The Morgan fingerprint density at radius 1 is 1.00 bits per heavy atom. The SMILES string of the molecule is O=C(/C=C/c1ccccc1OC(F)F)Nc1ccccc1N1CCN(CCc2ccncc2)CC1. The molecule has 1 aliphatic rings. The van der Waals surface area contributed by atoms with E-state index >= 15 is 0 Å². The predicted octanol–water partition coefficient (Wildman–Crippen LogP) is 4.70. The molecule has 35 heavy (non-hydrogen) atoms. The number of hydrogen-bond donors (Lipinski definition) is 1. The molecule has 2 heterocycles. The number of pyridine rings is 1. The summed E-state index contributed by atoms with van der Waals surface area (Å²) in [5.41, 5.74) is 3.36. The van der Waals surface area contributed by atoms with Gasteiger partial charge in [0.15, 0.2) is 0 Å². The Kier molecular flexibility index (Phi) is 8.40. The summed E-state index contributed by atoms with van der Waals surface area (Å²) in [6.07, 6.45) is 7.43. The number of rotatable bonds is 9. The maximum absolute atomic E-state index is 12.6. The molecule has 0 spiro atoms. The molecule has 0 atom stereocenters. The summed E-state index contributed by atoms with van der Waals surface area (Å²) in [5.74, 6) is -0.325. The Balaban J connectivity index is 1.34. The zero-order valence-corrected chi connectivity index (χ0v) is 19.3. The van der Waals surface area contributed by atoms with E-state index in [4.69, 9.17) is 0 Å². The maximum Gasteiger partial charge on any atom is 0.387 e. The lowest BCUT2D eigenvalue weighted by Gasteiger charge is -2.37. The number of nitrogens with one attached hydrogen (secondary N) is 1.